The molecule has 100 valence electrons. The van der Waals surface area contributed by atoms with Gasteiger partial charge in [-0.15, -0.1) is 0 Å². The number of fused-ring (bicyclic) bond motifs is 5. The molecule has 0 aliphatic rings. The molecule has 0 aliphatic heterocycles. The summed E-state index contributed by atoms with van der Waals surface area (Å²) in [7, 11) is -1.47. The van der Waals surface area contributed by atoms with E-state index in [2.05, 4.69) is 24.3 Å². The van der Waals surface area contributed by atoms with Crippen LogP contribution in [0.2, 0.25) is 0 Å². The third kappa shape index (κ3) is 1.83. The Labute approximate surface area is 122 Å². The Kier molecular flexibility index (Phi) is 2.71. The van der Waals surface area contributed by atoms with Crippen LogP contribution in [0.25, 0.3) is 32.3 Å². The largest absolute Gasteiger partial charge is 0.489 e. The summed E-state index contributed by atoms with van der Waals surface area (Å²) in [5, 5.41) is 25.8. The summed E-state index contributed by atoms with van der Waals surface area (Å²) in [5.41, 5.74) is 0.550. The second-order valence-electron chi connectivity index (χ2n) is 5.27. The van der Waals surface area contributed by atoms with Crippen molar-refractivity contribution in [3.05, 3.63) is 66.7 Å². The lowest BCUT2D eigenvalue weighted by Crippen LogP contribution is -2.30. The molecule has 4 rings (SSSR count). The number of hydrogen-bond donors (Lipinski definition) is 2. The summed E-state index contributed by atoms with van der Waals surface area (Å²) < 4.78 is 0. The van der Waals surface area contributed by atoms with Crippen molar-refractivity contribution >= 4 is 44.9 Å². The van der Waals surface area contributed by atoms with Crippen molar-refractivity contribution in [2.75, 3.05) is 0 Å². The second kappa shape index (κ2) is 4.59. The quantitative estimate of drug-likeness (QED) is 0.413. The molecule has 0 radical (unpaired) electrons. The van der Waals surface area contributed by atoms with E-state index in [-0.39, 0.29) is 0 Å². The van der Waals surface area contributed by atoms with Crippen LogP contribution in [0.1, 0.15) is 0 Å². The van der Waals surface area contributed by atoms with Gasteiger partial charge >= 0.3 is 7.12 Å². The Morgan fingerprint density at radius 3 is 1.95 bits per heavy atom. The summed E-state index contributed by atoms with van der Waals surface area (Å²) in [6, 6.07) is 22.1. The van der Waals surface area contributed by atoms with Crippen molar-refractivity contribution in [2.45, 2.75) is 0 Å². The fourth-order valence-electron chi connectivity index (χ4n) is 3.10. The maximum Gasteiger partial charge on any atom is 0.489 e. The molecule has 2 N–H and O–H groups in total. The molecule has 0 saturated carbocycles. The van der Waals surface area contributed by atoms with Crippen molar-refractivity contribution in [3.63, 3.8) is 0 Å². The van der Waals surface area contributed by atoms with Crippen LogP contribution in [0.3, 0.4) is 0 Å². The van der Waals surface area contributed by atoms with Gasteiger partial charge in [0, 0.05) is 0 Å². The molecule has 0 spiro atoms. The fraction of sp³-hybridized carbons (Fsp3) is 0. The highest BCUT2D eigenvalue weighted by atomic mass is 16.4. The topological polar surface area (TPSA) is 40.5 Å². The zero-order chi connectivity index (χ0) is 14.4. The summed E-state index contributed by atoms with van der Waals surface area (Å²) >= 11 is 0. The number of hydrogen-bond acceptors (Lipinski definition) is 2. The van der Waals surface area contributed by atoms with Crippen molar-refractivity contribution in [1.29, 1.82) is 0 Å². The van der Waals surface area contributed by atoms with Crippen molar-refractivity contribution in [3.8, 4) is 0 Å². The summed E-state index contributed by atoms with van der Waals surface area (Å²) in [4.78, 5) is 0. The van der Waals surface area contributed by atoms with Gasteiger partial charge in [-0.25, -0.2) is 0 Å². The van der Waals surface area contributed by atoms with E-state index in [0.717, 1.165) is 32.3 Å². The van der Waals surface area contributed by atoms with Crippen molar-refractivity contribution in [1.82, 2.24) is 0 Å². The first-order chi connectivity index (χ1) is 10.3. The Bertz CT molecular complexity index is 976. The van der Waals surface area contributed by atoms with Gasteiger partial charge in [0.05, 0.1) is 0 Å². The third-order valence-electron chi connectivity index (χ3n) is 4.08. The van der Waals surface area contributed by atoms with E-state index in [0.29, 0.717) is 5.46 Å². The van der Waals surface area contributed by atoms with Crippen LogP contribution >= 0.6 is 0 Å². The first-order valence-electron chi connectivity index (χ1n) is 6.95. The lowest BCUT2D eigenvalue weighted by atomic mass is 9.75. The van der Waals surface area contributed by atoms with Gasteiger partial charge in [0.15, 0.2) is 0 Å². The maximum atomic E-state index is 9.71. The lowest BCUT2D eigenvalue weighted by Gasteiger charge is -2.12. The van der Waals surface area contributed by atoms with Crippen LogP contribution in [-0.4, -0.2) is 17.2 Å². The summed E-state index contributed by atoms with van der Waals surface area (Å²) in [5.74, 6) is 0. The highest BCUT2D eigenvalue weighted by molar-refractivity contribution is 6.62. The predicted molar refractivity (Wildman–Crippen MR) is 88.8 cm³/mol. The van der Waals surface area contributed by atoms with E-state index < -0.39 is 7.12 Å². The van der Waals surface area contributed by atoms with E-state index in [1.807, 2.05) is 42.5 Å². The highest BCUT2D eigenvalue weighted by Gasteiger charge is 2.17. The van der Waals surface area contributed by atoms with Gasteiger partial charge < -0.3 is 10.0 Å². The Morgan fingerprint density at radius 1 is 0.571 bits per heavy atom. The van der Waals surface area contributed by atoms with E-state index >= 15 is 0 Å². The van der Waals surface area contributed by atoms with Gasteiger partial charge in [-0.05, 0) is 37.8 Å². The summed E-state index contributed by atoms with van der Waals surface area (Å²) in [6.45, 7) is 0. The smallest absolute Gasteiger partial charge is 0.423 e. The van der Waals surface area contributed by atoms with E-state index in [1.54, 1.807) is 0 Å². The minimum absolute atomic E-state index is 0.550. The van der Waals surface area contributed by atoms with E-state index in [9.17, 15) is 10.0 Å². The molecule has 0 bridgehead atoms. The number of benzene rings is 4. The zero-order valence-corrected chi connectivity index (χ0v) is 11.3. The molecule has 21 heavy (non-hydrogen) atoms. The predicted octanol–water partition coefficient (Wildman–Crippen LogP) is 2.83. The highest BCUT2D eigenvalue weighted by Crippen LogP contribution is 2.30. The van der Waals surface area contributed by atoms with Crippen LogP contribution < -0.4 is 5.46 Å². The van der Waals surface area contributed by atoms with Gasteiger partial charge in [0.1, 0.15) is 0 Å². The molecule has 0 fully saturated rings. The molecule has 0 amide bonds. The maximum absolute atomic E-state index is 9.71. The standard InChI is InChI=1S/C18H13BO2/c20-19(21)18-11-17-13-6-2-1-5-12(13)9-10-15(17)14-7-3-4-8-16(14)18/h1-11,20-21H. The van der Waals surface area contributed by atoms with Gasteiger partial charge in [0.25, 0.3) is 0 Å². The first kappa shape index (κ1) is 12.4. The second-order valence-corrected chi connectivity index (χ2v) is 5.27. The SMILES string of the molecule is OB(O)c1cc2c3ccccc3ccc2c2ccccc12. The Hall–Kier alpha value is -2.36. The van der Waals surface area contributed by atoms with Crippen LogP contribution in [0, 0.1) is 0 Å². The third-order valence-corrected chi connectivity index (χ3v) is 4.08. The molecule has 0 aromatic heterocycles. The number of rotatable bonds is 1. The molecule has 0 atom stereocenters. The Balaban J connectivity index is 2.29. The fourth-order valence-corrected chi connectivity index (χ4v) is 3.10. The first-order valence-corrected chi connectivity index (χ1v) is 6.95. The minimum atomic E-state index is -1.47. The molecule has 3 heteroatoms. The van der Waals surface area contributed by atoms with Gasteiger partial charge in [-0.3, -0.25) is 0 Å². The van der Waals surface area contributed by atoms with E-state index in [1.165, 1.54) is 0 Å². The Morgan fingerprint density at radius 2 is 1.19 bits per heavy atom. The van der Waals surface area contributed by atoms with Crippen molar-refractivity contribution in [2.24, 2.45) is 0 Å². The zero-order valence-electron chi connectivity index (χ0n) is 11.3. The van der Waals surface area contributed by atoms with Crippen LogP contribution in [0.15, 0.2) is 66.7 Å². The molecule has 2 nitrogen and oxygen atoms in total. The lowest BCUT2D eigenvalue weighted by molar-refractivity contribution is 0.426. The monoisotopic (exact) mass is 272 g/mol. The molecule has 4 aromatic carbocycles. The molecular weight excluding hydrogens is 259 g/mol. The summed E-state index contributed by atoms with van der Waals surface area (Å²) in [6.07, 6.45) is 0. The molecule has 0 heterocycles. The van der Waals surface area contributed by atoms with Crippen LogP contribution in [0.4, 0.5) is 0 Å². The van der Waals surface area contributed by atoms with Gasteiger partial charge in [0.2, 0.25) is 0 Å². The molecule has 0 unspecified atom stereocenters. The van der Waals surface area contributed by atoms with Gasteiger partial charge in [-0.1, -0.05) is 66.7 Å². The minimum Gasteiger partial charge on any atom is -0.423 e. The normalized spacial score (nSPS) is 11.3. The molecular formula is C18H13BO2. The molecule has 0 aliphatic carbocycles. The average molecular weight is 272 g/mol. The molecule has 4 aromatic rings. The van der Waals surface area contributed by atoms with Gasteiger partial charge in [-0.2, -0.15) is 0 Å². The van der Waals surface area contributed by atoms with Crippen LogP contribution in [-0.2, 0) is 0 Å². The van der Waals surface area contributed by atoms with E-state index in [4.69, 9.17) is 0 Å². The molecule has 0 saturated heterocycles. The van der Waals surface area contributed by atoms with Crippen molar-refractivity contribution < 1.29 is 10.0 Å². The average Bonchev–Trinajstić information content (AvgIpc) is 2.53. The van der Waals surface area contributed by atoms with Crippen LogP contribution in [0.5, 0.6) is 0 Å².